The minimum atomic E-state index is -0.807. The van der Waals surface area contributed by atoms with Crippen molar-refractivity contribution in [3.63, 3.8) is 0 Å². The molecule has 0 amide bonds. The third-order valence-electron chi connectivity index (χ3n) is 3.74. The van der Waals surface area contributed by atoms with Crippen LogP contribution < -0.4 is 0 Å². The zero-order chi connectivity index (χ0) is 14.8. The topological polar surface area (TPSA) is 55.1 Å². The van der Waals surface area contributed by atoms with E-state index in [1.54, 1.807) is 0 Å². The summed E-state index contributed by atoms with van der Waals surface area (Å²) in [4.78, 5) is 15.5. The van der Waals surface area contributed by atoms with Crippen molar-refractivity contribution in [3.05, 3.63) is 35.9 Å². The van der Waals surface area contributed by atoms with Gasteiger partial charge in [0.25, 0.3) is 0 Å². The second-order valence-electron chi connectivity index (χ2n) is 5.38. The molecule has 0 saturated carbocycles. The molecule has 0 spiro atoms. The predicted octanol–water partition coefficient (Wildman–Crippen LogP) is 3.80. The molecule has 0 bridgehead atoms. The average Bonchev–Trinajstić information content (AvgIpc) is 2.83. The summed E-state index contributed by atoms with van der Waals surface area (Å²) in [6, 6.07) is 6.63. The lowest BCUT2D eigenvalue weighted by Gasteiger charge is -2.22. The maximum Gasteiger partial charge on any atom is 0.313 e. The smallest absolute Gasteiger partial charge is 0.313 e. The summed E-state index contributed by atoms with van der Waals surface area (Å²) in [7, 11) is 0. The number of nitrogens with zero attached hydrogens (tertiary/aromatic N) is 2. The van der Waals surface area contributed by atoms with Gasteiger partial charge in [0.05, 0.1) is 16.8 Å². The molecular weight excluding hydrogens is 284 g/mol. The number of carboxylic acids is 1. The van der Waals surface area contributed by atoms with E-state index in [4.69, 9.17) is 5.11 Å². The van der Waals surface area contributed by atoms with E-state index in [1.807, 2.05) is 6.92 Å². The molecular formula is C16H18N2O2S. The summed E-state index contributed by atoms with van der Waals surface area (Å²) >= 11 is 1.31. The molecule has 0 radical (unpaired) electrons. The van der Waals surface area contributed by atoms with Crippen molar-refractivity contribution in [1.29, 1.82) is 0 Å². The number of fused-ring (bicyclic) bond motifs is 1. The molecule has 0 aliphatic heterocycles. The first-order chi connectivity index (χ1) is 10.1. The summed E-state index contributed by atoms with van der Waals surface area (Å²) in [6.45, 7) is 2.05. The van der Waals surface area contributed by atoms with Crippen LogP contribution in [-0.4, -0.2) is 26.4 Å². The Kier molecular flexibility index (Phi) is 4.01. The van der Waals surface area contributed by atoms with Crippen LogP contribution in [0.15, 0.2) is 35.5 Å². The lowest BCUT2D eigenvalue weighted by atomic mass is 10.0. The molecule has 3 rings (SSSR count). The van der Waals surface area contributed by atoms with E-state index in [-0.39, 0.29) is 5.75 Å². The Labute approximate surface area is 127 Å². The Bertz CT molecular complexity index is 706. The first kappa shape index (κ1) is 14.2. The van der Waals surface area contributed by atoms with Crippen molar-refractivity contribution in [2.75, 3.05) is 5.75 Å². The van der Waals surface area contributed by atoms with Gasteiger partial charge >= 0.3 is 5.97 Å². The molecule has 1 aromatic heterocycles. The van der Waals surface area contributed by atoms with Crippen molar-refractivity contribution in [2.24, 2.45) is 0 Å². The molecule has 0 fully saturated rings. The second-order valence-corrected chi connectivity index (χ2v) is 6.32. The van der Waals surface area contributed by atoms with Crippen LogP contribution in [0, 0.1) is 6.92 Å². The standard InChI is InChI=1S/C16H18N2O2S/c1-11-7-8-14-13(9-11)17-16(21-10-15(19)20)18(14)12-5-3-2-4-6-12/h2-3,7-9,12H,4-6,10H2,1H3,(H,19,20). The molecule has 2 aromatic rings. The predicted molar refractivity (Wildman–Crippen MR) is 84.9 cm³/mol. The van der Waals surface area contributed by atoms with Gasteiger partial charge in [-0.05, 0) is 43.9 Å². The Morgan fingerprint density at radius 2 is 2.33 bits per heavy atom. The van der Waals surface area contributed by atoms with Crippen LogP contribution >= 0.6 is 11.8 Å². The maximum atomic E-state index is 10.9. The zero-order valence-electron chi connectivity index (χ0n) is 12.0. The fourth-order valence-corrected chi connectivity index (χ4v) is 3.58. The summed E-state index contributed by atoms with van der Waals surface area (Å²) in [5.74, 6) is -0.761. The highest BCUT2D eigenvalue weighted by Crippen LogP contribution is 2.33. The molecule has 1 atom stereocenters. The largest absolute Gasteiger partial charge is 0.481 e. The number of benzene rings is 1. The normalized spacial score (nSPS) is 18.2. The van der Waals surface area contributed by atoms with Gasteiger partial charge in [0.1, 0.15) is 0 Å². The molecule has 1 N–H and O–H groups in total. The van der Waals surface area contributed by atoms with Crippen LogP contribution in [0.4, 0.5) is 0 Å². The van der Waals surface area contributed by atoms with Crippen molar-refractivity contribution >= 4 is 28.8 Å². The average molecular weight is 302 g/mol. The van der Waals surface area contributed by atoms with Crippen LogP contribution in [-0.2, 0) is 4.79 Å². The molecule has 1 aliphatic rings. The first-order valence-electron chi connectivity index (χ1n) is 7.13. The molecule has 5 heteroatoms. The maximum absolute atomic E-state index is 10.9. The fourth-order valence-electron chi connectivity index (χ4n) is 2.78. The lowest BCUT2D eigenvalue weighted by molar-refractivity contribution is -0.133. The number of thioether (sulfide) groups is 1. The quantitative estimate of drug-likeness (QED) is 0.689. The molecule has 1 unspecified atom stereocenters. The number of aryl methyl sites for hydroxylation is 1. The molecule has 21 heavy (non-hydrogen) atoms. The van der Waals surface area contributed by atoms with Crippen LogP contribution in [0.2, 0.25) is 0 Å². The van der Waals surface area contributed by atoms with Crippen molar-refractivity contribution < 1.29 is 9.90 Å². The number of carboxylic acid groups (broad SMARTS) is 1. The van der Waals surface area contributed by atoms with E-state index in [9.17, 15) is 4.79 Å². The van der Waals surface area contributed by atoms with Crippen LogP contribution in [0.5, 0.6) is 0 Å². The van der Waals surface area contributed by atoms with E-state index in [2.05, 4.69) is 39.9 Å². The molecule has 1 heterocycles. The molecule has 4 nitrogen and oxygen atoms in total. The number of aromatic nitrogens is 2. The monoisotopic (exact) mass is 302 g/mol. The Hall–Kier alpha value is -1.75. The SMILES string of the molecule is Cc1ccc2c(c1)nc(SCC(=O)O)n2C1CC=CCC1. The lowest BCUT2D eigenvalue weighted by Crippen LogP contribution is -2.12. The van der Waals surface area contributed by atoms with E-state index < -0.39 is 5.97 Å². The fraction of sp³-hybridized carbons (Fsp3) is 0.375. The van der Waals surface area contributed by atoms with Crippen molar-refractivity contribution in [3.8, 4) is 0 Å². The summed E-state index contributed by atoms with van der Waals surface area (Å²) < 4.78 is 2.23. The van der Waals surface area contributed by atoms with Gasteiger partial charge in [-0.1, -0.05) is 30.0 Å². The summed E-state index contributed by atoms with van der Waals surface area (Å²) in [5, 5.41) is 9.74. The molecule has 1 aromatic carbocycles. The minimum absolute atomic E-state index is 0.0465. The van der Waals surface area contributed by atoms with Gasteiger partial charge in [-0.25, -0.2) is 4.98 Å². The highest BCUT2D eigenvalue weighted by molar-refractivity contribution is 7.99. The second kappa shape index (κ2) is 5.93. The number of allylic oxidation sites excluding steroid dienone is 2. The Balaban J connectivity index is 2.05. The number of rotatable bonds is 4. The third-order valence-corrected chi connectivity index (χ3v) is 4.68. The van der Waals surface area contributed by atoms with E-state index >= 15 is 0 Å². The van der Waals surface area contributed by atoms with E-state index in [0.29, 0.717) is 6.04 Å². The molecule has 110 valence electrons. The van der Waals surface area contributed by atoms with E-state index in [1.165, 1.54) is 17.3 Å². The molecule has 1 aliphatic carbocycles. The van der Waals surface area contributed by atoms with Gasteiger partial charge in [-0.2, -0.15) is 0 Å². The number of imidazole rings is 1. The zero-order valence-corrected chi connectivity index (χ0v) is 12.8. The van der Waals surface area contributed by atoms with Gasteiger partial charge in [0.2, 0.25) is 0 Å². The van der Waals surface area contributed by atoms with Gasteiger partial charge in [0, 0.05) is 6.04 Å². The van der Waals surface area contributed by atoms with Crippen molar-refractivity contribution in [2.45, 2.75) is 37.4 Å². The van der Waals surface area contributed by atoms with Crippen LogP contribution in [0.25, 0.3) is 11.0 Å². The Morgan fingerprint density at radius 3 is 3.05 bits per heavy atom. The minimum Gasteiger partial charge on any atom is -0.481 e. The number of hydrogen-bond acceptors (Lipinski definition) is 3. The van der Waals surface area contributed by atoms with Gasteiger partial charge in [-0.3, -0.25) is 4.79 Å². The third kappa shape index (κ3) is 2.97. The van der Waals surface area contributed by atoms with Crippen LogP contribution in [0.1, 0.15) is 30.9 Å². The number of hydrogen-bond donors (Lipinski definition) is 1. The summed E-state index contributed by atoms with van der Waals surface area (Å²) in [5.41, 5.74) is 3.23. The Morgan fingerprint density at radius 1 is 1.48 bits per heavy atom. The highest BCUT2D eigenvalue weighted by Gasteiger charge is 2.20. The highest BCUT2D eigenvalue weighted by atomic mass is 32.2. The van der Waals surface area contributed by atoms with Crippen LogP contribution in [0.3, 0.4) is 0 Å². The van der Waals surface area contributed by atoms with E-state index in [0.717, 1.165) is 35.5 Å². The number of aliphatic carboxylic acids is 1. The van der Waals surface area contributed by atoms with Gasteiger partial charge in [-0.15, -0.1) is 0 Å². The van der Waals surface area contributed by atoms with Crippen molar-refractivity contribution in [1.82, 2.24) is 9.55 Å². The summed E-state index contributed by atoms with van der Waals surface area (Å²) in [6.07, 6.45) is 7.55. The van der Waals surface area contributed by atoms with Gasteiger partial charge < -0.3 is 9.67 Å². The number of carbonyl (C=O) groups is 1. The first-order valence-corrected chi connectivity index (χ1v) is 8.12. The van der Waals surface area contributed by atoms with Gasteiger partial charge in [0.15, 0.2) is 5.16 Å². The molecule has 0 saturated heterocycles.